The van der Waals surface area contributed by atoms with Gasteiger partial charge < -0.3 is 0 Å². The summed E-state index contributed by atoms with van der Waals surface area (Å²) in [5.74, 6) is 0. The van der Waals surface area contributed by atoms with Crippen molar-refractivity contribution in [2.24, 2.45) is 0 Å². The van der Waals surface area contributed by atoms with Gasteiger partial charge in [-0.05, 0) is 13.3 Å². The van der Waals surface area contributed by atoms with E-state index in [-0.39, 0.29) is 0 Å². The third-order valence-corrected chi connectivity index (χ3v) is 2.23. The van der Waals surface area contributed by atoms with Crippen LogP contribution in [0.3, 0.4) is 0 Å². The molecule has 11 heavy (non-hydrogen) atoms. The van der Waals surface area contributed by atoms with E-state index in [9.17, 15) is 0 Å². The largest absolute Gasteiger partial charge is 0.252 e. The second-order valence-electron chi connectivity index (χ2n) is 2.19. The number of aromatic nitrogens is 3. The molecule has 1 rings (SSSR count). The minimum absolute atomic E-state index is 0.900. The number of nitrogens with zero attached hydrogens (tertiary/aromatic N) is 4. The highest BCUT2D eigenvalue weighted by Crippen LogP contribution is 1.99. The Morgan fingerprint density at radius 3 is 3.00 bits per heavy atom. The molecule has 0 bridgehead atoms. The summed E-state index contributed by atoms with van der Waals surface area (Å²) in [5.41, 5.74) is 0. The van der Waals surface area contributed by atoms with Crippen LogP contribution in [0, 0.1) is 0 Å². The highest BCUT2D eigenvalue weighted by atomic mass is 32.2. The van der Waals surface area contributed by atoms with Crippen LogP contribution in [0.1, 0.15) is 0 Å². The first-order valence-electron chi connectivity index (χ1n) is 3.40. The monoisotopic (exact) mass is 172 g/mol. The van der Waals surface area contributed by atoms with Crippen LogP contribution in [0.2, 0.25) is 0 Å². The molecule has 0 saturated heterocycles. The molecule has 0 aliphatic rings. The Labute approximate surface area is 70.7 Å². The maximum atomic E-state index is 3.99. The van der Waals surface area contributed by atoms with Gasteiger partial charge in [0, 0.05) is 6.54 Å². The summed E-state index contributed by atoms with van der Waals surface area (Å²) in [6.45, 7) is 1.89. The summed E-state index contributed by atoms with van der Waals surface area (Å²) >= 11 is 1.72. The summed E-state index contributed by atoms with van der Waals surface area (Å²) in [7, 11) is 2.06. The zero-order chi connectivity index (χ0) is 8.10. The number of rotatable bonds is 4. The van der Waals surface area contributed by atoms with Crippen LogP contribution in [-0.2, 0) is 6.54 Å². The van der Waals surface area contributed by atoms with E-state index in [0.717, 1.165) is 13.1 Å². The lowest BCUT2D eigenvalue weighted by atomic mass is 10.6. The molecule has 62 valence electrons. The van der Waals surface area contributed by atoms with Crippen molar-refractivity contribution in [1.82, 2.24) is 19.1 Å². The fraction of sp³-hybridized carbons (Fsp3) is 0.667. The van der Waals surface area contributed by atoms with Gasteiger partial charge >= 0.3 is 0 Å². The van der Waals surface area contributed by atoms with E-state index in [1.54, 1.807) is 24.6 Å². The Bertz CT molecular complexity index is 186. The zero-order valence-electron chi connectivity index (χ0n) is 6.77. The van der Waals surface area contributed by atoms with Gasteiger partial charge in [0.25, 0.3) is 0 Å². The van der Waals surface area contributed by atoms with Crippen molar-refractivity contribution in [2.45, 2.75) is 6.54 Å². The molecule has 1 heterocycles. The summed E-state index contributed by atoms with van der Waals surface area (Å²) in [4.78, 5) is 3.85. The molecule has 0 aliphatic heterocycles. The SMILES string of the molecule is CSN(C)CCn1cncn1. The van der Waals surface area contributed by atoms with E-state index < -0.39 is 0 Å². The van der Waals surface area contributed by atoms with Crippen molar-refractivity contribution < 1.29 is 0 Å². The highest BCUT2D eigenvalue weighted by molar-refractivity contribution is 7.96. The van der Waals surface area contributed by atoms with Gasteiger partial charge in [-0.1, -0.05) is 11.9 Å². The molecule has 0 saturated carbocycles. The van der Waals surface area contributed by atoms with Gasteiger partial charge in [-0.3, -0.25) is 8.99 Å². The van der Waals surface area contributed by atoms with E-state index in [0.29, 0.717) is 0 Å². The third kappa shape index (κ3) is 2.90. The quantitative estimate of drug-likeness (QED) is 0.619. The molecule has 0 aromatic carbocycles. The smallest absolute Gasteiger partial charge is 0.137 e. The molecule has 0 spiro atoms. The van der Waals surface area contributed by atoms with Crippen LogP contribution in [0.15, 0.2) is 12.7 Å². The molecule has 0 aliphatic carbocycles. The van der Waals surface area contributed by atoms with Crippen LogP contribution in [0.5, 0.6) is 0 Å². The average Bonchev–Trinajstić information content (AvgIpc) is 2.52. The van der Waals surface area contributed by atoms with Crippen molar-refractivity contribution in [3.05, 3.63) is 12.7 Å². The van der Waals surface area contributed by atoms with Crippen LogP contribution in [0.4, 0.5) is 0 Å². The maximum Gasteiger partial charge on any atom is 0.137 e. The molecule has 0 fully saturated rings. The number of hydrogen-bond acceptors (Lipinski definition) is 4. The lowest BCUT2D eigenvalue weighted by Gasteiger charge is -2.11. The molecule has 1 aromatic heterocycles. The summed E-state index contributed by atoms with van der Waals surface area (Å²) in [5, 5.41) is 3.99. The summed E-state index contributed by atoms with van der Waals surface area (Å²) in [6.07, 6.45) is 5.34. The van der Waals surface area contributed by atoms with E-state index in [4.69, 9.17) is 0 Å². The fourth-order valence-corrected chi connectivity index (χ4v) is 0.947. The van der Waals surface area contributed by atoms with Gasteiger partial charge in [0.2, 0.25) is 0 Å². The first-order valence-corrected chi connectivity index (χ1v) is 4.58. The Morgan fingerprint density at radius 1 is 1.64 bits per heavy atom. The summed E-state index contributed by atoms with van der Waals surface area (Å²) < 4.78 is 3.98. The third-order valence-electron chi connectivity index (χ3n) is 1.42. The molecular formula is C6H12N4S. The second-order valence-corrected chi connectivity index (χ2v) is 3.18. The number of hydrogen-bond donors (Lipinski definition) is 0. The molecule has 0 atom stereocenters. The Morgan fingerprint density at radius 2 is 2.45 bits per heavy atom. The molecule has 1 aromatic rings. The number of likely N-dealkylation sites (N-methyl/N-ethyl adjacent to an activating group) is 1. The topological polar surface area (TPSA) is 34.0 Å². The second kappa shape index (κ2) is 4.35. The Balaban J connectivity index is 2.23. The molecule has 0 unspecified atom stereocenters. The van der Waals surface area contributed by atoms with Gasteiger partial charge in [-0.25, -0.2) is 4.98 Å². The first kappa shape index (κ1) is 8.55. The predicted octanol–water partition coefficient (Wildman–Crippen LogP) is 0.488. The molecule has 4 nitrogen and oxygen atoms in total. The minimum Gasteiger partial charge on any atom is -0.252 e. The molecule has 0 amide bonds. The Kier molecular flexibility index (Phi) is 3.38. The fourth-order valence-electron chi connectivity index (χ4n) is 0.683. The molecule has 0 radical (unpaired) electrons. The standard InChI is InChI=1S/C6H12N4S/c1-9(11-2)3-4-10-6-7-5-8-10/h5-6H,3-4H2,1-2H3. The van der Waals surface area contributed by atoms with Crippen molar-refractivity contribution in [3.63, 3.8) is 0 Å². The van der Waals surface area contributed by atoms with E-state index in [2.05, 4.69) is 27.7 Å². The van der Waals surface area contributed by atoms with Gasteiger partial charge in [-0.15, -0.1) is 0 Å². The normalized spacial score (nSPS) is 10.8. The van der Waals surface area contributed by atoms with Crippen molar-refractivity contribution in [2.75, 3.05) is 19.8 Å². The lowest BCUT2D eigenvalue weighted by molar-refractivity contribution is 0.483. The van der Waals surface area contributed by atoms with E-state index >= 15 is 0 Å². The molecule has 0 N–H and O–H groups in total. The van der Waals surface area contributed by atoms with Gasteiger partial charge in [0.1, 0.15) is 12.7 Å². The van der Waals surface area contributed by atoms with Gasteiger partial charge in [-0.2, -0.15) is 5.10 Å². The van der Waals surface area contributed by atoms with Gasteiger partial charge in [0.15, 0.2) is 0 Å². The predicted molar refractivity (Wildman–Crippen MR) is 46.2 cm³/mol. The zero-order valence-corrected chi connectivity index (χ0v) is 7.58. The average molecular weight is 172 g/mol. The van der Waals surface area contributed by atoms with Crippen LogP contribution in [-0.4, -0.2) is 38.9 Å². The summed E-state index contributed by atoms with van der Waals surface area (Å²) in [6, 6.07) is 0. The van der Waals surface area contributed by atoms with Crippen LogP contribution >= 0.6 is 11.9 Å². The minimum atomic E-state index is 0.900. The van der Waals surface area contributed by atoms with E-state index in [1.165, 1.54) is 0 Å². The van der Waals surface area contributed by atoms with Crippen molar-refractivity contribution in [3.8, 4) is 0 Å². The van der Waals surface area contributed by atoms with Crippen LogP contribution in [0.25, 0.3) is 0 Å². The maximum absolute atomic E-state index is 3.99. The molecular weight excluding hydrogens is 160 g/mol. The molecule has 5 heteroatoms. The lowest BCUT2D eigenvalue weighted by Crippen LogP contribution is -2.16. The highest BCUT2D eigenvalue weighted by Gasteiger charge is 1.95. The van der Waals surface area contributed by atoms with Gasteiger partial charge in [0.05, 0.1) is 6.54 Å². The van der Waals surface area contributed by atoms with Crippen molar-refractivity contribution >= 4 is 11.9 Å². The van der Waals surface area contributed by atoms with Crippen molar-refractivity contribution in [1.29, 1.82) is 0 Å². The van der Waals surface area contributed by atoms with E-state index in [1.807, 2.05) is 4.68 Å². The first-order chi connectivity index (χ1) is 5.33. The van der Waals surface area contributed by atoms with Crippen LogP contribution < -0.4 is 0 Å². The Hall–Kier alpha value is -0.550.